The van der Waals surface area contributed by atoms with E-state index < -0.39 is 11.9 Å². The van der Waals surface area contributed by atoms with Crippen LogP contribution in [0.25, 0.3) is 0 Å². The van der Waals surface area contributed by atoms with Gasteiger partial charge in [-0.1, -0.05) is 0 Å². The Kier molecular flexibility index (Phi) is 5.41. The number of ether oxygens (including phenoxy) is 1. The number of benzene rings is 1. The molecule has 21 heavy (non-hydrogen) atoms. The summed E-state index contributed by atoms with van der Waals surface area (Å²) >= 11 is 5.49. The summed E-state index contributed by atoms with van der Waals surface area (Å²) in [5.74, 6) is -0.173. The Morgan fingerprint density at radius 1 is 1.52 bits per heavy atom. The van der Waals surface area contributed by atoms with Crippen molar-refractivity contribution in [1.29, 1.82) is 0 Å². The molecule has 1 aromatic heterocycles. The van der Waals surface area contributed by atoms with Crippen molar-refractivity contribution in [1.82, 2.24) is 9.78 Å². The van der Waals surface area contributed by atoms with Crippen LogP contribution < -0.4 is 10.1 Å². The summed E-state index contributed by atoms with van der Waals surface area (Å²) in [6.45, 7) is 0.515. The average molecular weight is 314 g/mol. The highest BCUT2D eigenvalue weighted by Gasteiger charge is 2.07. The van der Waals surface area contributed by atoms with Crippen LogP contribution in [-0.2, 0) is 13.7 Å². The quantitative estimate of drug-likeness (QED) is 0.769. The standard InChI is InChI=1S/C14H17ClFN3O2/c1-19-8-10(6-18-19)9-21-14-3-2-11(4-13(14)16)17-7-12(20)5-15/h2-4,6,8,12,17,20H,5,7,9H2,1H3. The summed E-state index contributed by atoms with van der Waals surface area (Å²) in [4.78, 5) is 0. The molecule has 2 rings (SSSR count). The van der Waals surface area contributed by atoms with Crippen LogP contribution in [0.1, 0.15) is 5.56 Å². The summed E-state index contributed by atoms with van der Waals surface area (Å²) in [5, 5.41) is 16.2. The third-order valence-electron chi connectivity index (χ3n) is 2.80. The highest BCUT2D eigenvalue weighted by molar-refractivity contribution is 6.18. The summed E-state index contributed by atoms with van der Waals surface area (Å²) in [6, 6.07) is 4.54. The first-order valence-corrected chi connectivity index (χ1v) is 6.99. The topological polar surface area (TPSA) is 59.3 Å². The molecule has 114 valence electrons. The molecule has 0 saturated carbocycles. The number of rotatable bonds is 7. The summed E-state index contributed by atoms with van der Waals surface area (Å²) in [7, 11) is 1.81. The Balaban J connectivity index is 1.92. The van der Waals surface area contributed by atoms with Gasteiger partial charge in [0.2, 0.25) is 0 Å². The molecule has 0 aliphatic heterocycles. The number of halogens is 2. The van der Waals surface area contributed by atoms with E-state index in [1.165, 1.54) is 6.07 Å². The zero-order valence-corrected chi connectivity index (χ0v) is 12.3. The first kappa shape index (κ1) is 15.6. The molecule has 0 spiro atoms. The monoisotopic (exact) mass is 313 g/mol. The molecule has 1 heterocycles. The minimum Gasteiger partial charge on any atom is -0.486 e. The molecule has 0 amide bonds. The molecule has 2 N–H and O–H groups in total. The lowest BCUT2D eigenvalue weighted by Gasteiger charge is -2.11. The van der Waals surface area contributed by atoms with E-state index in [2.05, 4.69) is 10.4 Å². The zero-order chi connectivity index (χ0) is 15.2. The number of aryl methyl sites for hydroxylation is 1. The second-order valence-electron chi connectivity index (χ2n) is 4.65. The molecule has 7 heteroatoms. The fraction of sp³-hybridized carbons (Fsp3) is 0.357. The van der Waals surface area contributed by atoms with E-state index in [-0.39, 0.29) is 24.8 Å². The molecule has 1 aromatic carbocycles. The molecule has 0 aliphatic carbocycles. The van der Waals surface area contributed by atoms with Crippen LogP contribution in [0.4, 0.5) is 10.1 Å². The molecular weight excluding hydrogens is 297 g/mol. The van der Waals surface area contributed by atoms with E-state index in [9.17, 15) is 9.50 Å². The predicted molar refractivity (Wildman–Crippen MR) is 79.2 cm³/mol. The van der Waals surface area contributed by atoms with Gasteiger partial charge in [0, 0.05) is 37.1 Å². The fourth-order valence-electron chi connectivity index (χ4n) is 1.73. The number of aromatic nitrogens is 2. The van der Waals surface area contributed by atoms with Crippen molar-refractivity contribution in [3.05, 3.63) is 42.0 Å². The lowest BCUT2D eigenvalue weighted by molar-refractivity contribution is 0.211. The van der Waals surface area contributed by atoms with Crippen molar-refractivity contribution in [2.24, 2.45) is 7.05 Å². The largest absolute Gasteiger partial charge is 0.486 e. The summed E-state index contributed by atoms with van der Waals surface area (Å²) < 4.78 is 21.0. The van der Waals surface area contributed by atoms with Crippen LogP contribution in [0.5, 0.6) is 5.75 Å². The van der Waals surface area contributed by atoms with E-state index >= 15 is 0 Å². The van der Waals surface area contributed by atoms with Crippen molar-refractivity contribution in [3.63, 3.8) is 0 Å². The van der Waals surface area contributed by atoms with E-state index in [1.807, 2.05) is 0 Å². The van der Waals surface area contributed by atoms with E-state index in [4.69, 9.17) is 16.3 Å². The second-order valence-corrected chi connectivity index (χ2v) is 4.95. The number of hydrogen-bond donors (Lipinski definition) is 2. The number of nitrogens with zero attached hydrogens (tertiary/aromatic N) is 2. The summed E-state index contributed by atoms with van der Waals surface area (Å²) in [6.07, 6.45) is 2.80. The van der Waals surface area contributed by atoms with E-state index in [0.29, 0.717) is 5.69 Å². The SMILES string of the molecule is Cn1cc(COc2ccc(NCC(O)CCl)cc2F)cn1. The normalized spacial score (nSPS) is 12.2. The van der Waals surface area contributed by atoms with Gasteiger partial charge in [0.05, 0.1) is 18.2 Å². The minimum absolute atomic E-state index is 0.127. The smallest absolute Gasteiger partial charge is 0.167 e. The van der Waals surface area contributed by atoms with Gasteiger partial charge in [-0.15, -0.1) is 11.6 Å². The Hall–Kier alpha value is -1.79. The van der Waals surface area contributed by atoms with Gasteiger partial charge in [0.25, 0.3) is 0 Å². The van der Waals surface area contributed by atoms with Crippen LogP contribution in [0.2, 0.25) is 0 Å². The van der Waals surface area contributed by atoms with Gasteiger partial charge in [-0.2, -0.15) is 5.10 Å². The van der Waals surface area contributed by atoms with Gasteiger partial charge in [0.1, 0.15) is 6.61 Å². The number of aliphatic hydroxyl groups excluding tert-OH is 1. The second kappa shape index (κ2) is 7.28. The third-order valence-corrected chi connectivity index (χ3v) is 3.16. The number of hydrogen-bond acceptors (Lipinski definition) is 4. The molecule has 0 aliphatic rings. The molecule has 0 fully saturated rings. The lowest BCUT2D eigenvalue weighted by Crippen LogP contribution is -2.20. The Labute approximate surface area is 127 Å². The molecule has 1 atom stereocenters. The molecule has 0 radical (unpaired) electrons. The first-order valence-electron chi connectivity index (χ1n) is 6.46. The predicted octanol–water partition coefficient (Wildman–Crippen LogP) is 2.15. The van der Waals surface area contributed by atoms with Gasteiger partial charge in [-0.05, 0) is 12.1 Å². The molecular formula is C14H17ClFN3O2. The average Bonchev–Trinajstić information content (AvgIpc) is 2.89. The zero-order valence-electron chi connectivity index (χ0n) is 11.6. The van der Waals surface area contributed by atoms with Gasteiger partial charge < -0.3 is 15.2 Å². The maximum atomic E-state index is 13.9. The Morgan fingerprint density at radius 2 is 2.33 bits per heavy atom. The maximum Gasteiger partial charge on any atom is 0.167 e. The number of nitrogens with one attached hydrogen (secondary N) is 1. The van der Waals surface area contributed by atoms with Gasteiger partial charge in [0.15, 0.2) is 11.6 Å². The lowest BCUT2D eigenvalue weighted by atomic mass is 10.2. The van der Waals surface area contributed by atoms with Gasteiger partial charge in [-0.3, -0.25) is 4.68 Å². The number of alkyl halides is 1. The molecule has 0 saturated heterocycles. The highest BCUT2D eigenvalue weighted by atomic mass is 35.5. The van der Waals surface area contributed by atoms with Crippen LogP contribution in [0, 0.1) is 5.82 Å². The first-order chi connectivity index (χ1) is 10.1. The van der Waals surface area contributed by atoms with Crippen molar-refractivity contribution in [2.75, 3.05) is 17.7 Å². The van der Waals surface area contributed by atoms with Gasteiger partial charge >= 0.3 is 0 Å². The van der Waals surface area contributed by atoms with Crippen LogP contribution in [-0.4, -0.2) is 33.4 Å². The van der Waals surface area contributed by atoms with Crippen LogP contribution in [0.15, 0.2) is 30.6 Å². The van der Waals surface area contributed by atoms with Crippen molar-refractivity contribution >= 4 is 17.3 Å². The molecule has 5 nitrogen and oxygen atoms in total. The van der Waals surface area contributed by atoms with E-state index in [0.717, 1.165) is 5.56 Å². The highest BCUT2D eigenvalue weighted by Crippen LogP contribution is 2.22. The summed E-state index contributed by atoms with van der Waals surface area (Å²) in [5.41, 5.74) is 1.43. The van der Waals surface area contributed by atoms with Crippen molar-refractivity contribution in [2.45, 2.75) is 12.7 Å². The van der Waals surface area contributed by atoms with Crippen LogP contribution in [0.3, 0.4) is 0 Å². The fourth-order valence-corrected chi connectivity index (χ4v) is 1.83. The maximum absolute atomic E-state index is 13.9. The number of aliphatic hydroxyl groups is 1. The molecule has 1 unspecified atom stereocenters. The third kappa shape index (κ3) is 4.61. The van der Waals surface area contributed by atoms with Crippen molar-refractivity contribution < 1.29 is 14.2 Å². The van der Waals surface area contributed by atoms with Gasteiger partial charge in [-0.25, -0.2) is 4.39 Å². The molecule has 2 aromatic rings. The Bertz CT molecular complexity index is 591. The Morgan fingerprint density at radius 3 is 2.95 bits per heavy atom. The van der Waals surface area contributed by atoms with E-state index in [1.54, 1.807) is 36.3 Å². The van der Waals surface area contributed by atoms with Crippen LogP contribution >= 0.6 is 11.6 Å². The molecule has 0 bridgehead atoms. The minimum atomic E-state index is -0.670. The number of anilines is 1. The van der Waals surface area contributed by atoms with Crippen molar-refractivity contribution in [3.8, 4) is 5.75 Å².